The van der Waals surface area contributed by atoms with Crippen LogP contribution in [0.25, 0.3) is 0 Å². The molecular formula is C18H20N4O5S. The third-order valence-corrected chi connectivity index (χ3v) is 4.83. The van der Waals surface area contributed by atoms with E-state index in [0.717, 1.165) is 21.7 Å². The van der Waals surface area contributed by atoms with Crippen molar-refractivity contribution in [2.45, 2.75) is 13.8 Å². The third kappa shape index (κ3) is 5.88. The van der Waals surface area contributed by atoms with Crippen molar-refractivity contribution in [1.29, 1.82) is 0 Å². The maximum atomic E-state index is 12.2. The number of non-ortho nitro benzene ring substituents is 1. The van der Waals surface area contributed by atoms with Crippen LogP contribution in [0.4, 0.5) is 11.4 Å². The molecule has 0 radical (unpaired) electrons. The molecule has 0 aliphatic heterocycles. The maximum Gasteiger partial charge on any atom is 0.269 e. The number of amides is 1. The highest BCUT2D eigenvalue weighted by molar-refractivity contribution is 7.92. The molecular weight excluding hydrogens is 384 g/mol. The van der Waals surface area contributed by atoms with Crippen LogP contribution in [0.2, 0.25) is 0 Å². The number of sulfonamides is 1. The normalized spacial score (nSPS) is 11.4. The fourth-order valence-corrected chi connectivity index (χ4v) is 3.36. The second-order valence-corrected chi connectivity index (χ2v) is 8.16. The first-order valence-electron chi connectivity index (χ1n) is 8.18. The van der Waals surface area contributed by atoms with Crippen molar-refractivity contribution in [3.63, 3.8) is 0 Å². The molecule has 0 fully saturated rings. The molecule has 0 heterocycles. The first-order chi connectivity index (χ1) is 13.1. The van der Waals surface area contributed by atoms with Crippen LogP contribution >= 0.6 is 0 Å². The van der Waals surface area contributed by atoms with Gasteiger partial charge in [-0.25, -0.2) is 13.8 Å². The summed E-state index contributed by atoms with van der Waals surface area (Å²) in [4.78, 5) is 22.3. The summed E-state index contributed by atoms with van der Waals surface area (Å²) in [6, 6.07) is 10.9. The summed E-state index contributed by atoms with van der Waals surface area (Å²) in [5.41, 5.74) is 4.89. The number of aryl methyl sites for hydroxylation is 2. The number of carbonyl (C=O) groups is 1. The SMILES string of the molecule is Cc1cc(C)cc(N(CC(=O)N/N=C\c2ccc([N+](=O)[O-])cc2)S(C)(=O)=O)c1. The van der Waals surface area contributed by atoms with Gasteiger partial charge in [0.2, 0.25) is 10.0 Å². The Morgan fingerprint density at radius 2 is 1.75 bits per heavy atom. The molecule has 0 saturated heterocycles. The molecule has 0 saturated carbocycles. The van der Waals surface area contributed by atoms with Gasteiger partial charge in [0.05, 0.1) is 23.1 Å². The van der Waals surface area contributed by atoms with Crippen LogP contribution in [-0.4, -0.2) is 38.3 Å². The van der Waals surface area contributed by atoms with E-state index in [1.807, 2.05) is 19.9 Å². The minimum atomic E-state index is -3.68. The standard InChI is InChI=1S/C18H20N4O5S/c1-13-8-14(2)10-17(9-13)21(28(3,26)27)12-18(23)20-19-11-15-4-6-16(7-5-15)22(24)25/h4-11H,12H2,1-3H3,(H,20,23)/b19-11-. The van der Waals surface area contributed by atoms with Crippen molar-refractivity contribution in [3.05, 3.63) is 69.3 Å². The van der Waals surface area contributed by atoms with Crippen molar-refractivity contribution in [3.8, 4) is 0 Å². The van der Waals surface area contributed by atoms with Gasteiger partial charge in [0.25, 0.3) is 11.6 Å². The molecule has 2 rings (SSSR count). The molecule has 0 unspecified atom stereocenters. The van der Waals surface area contributed by atoms with Crippen molar-refractivity contribution < 1.29 is 18.1 Å². The van der Waals surface area contributed by atoms with E-state index in [-0.39, 0.29) is 5.69 Å². The van der Waals surface area contributed by atoms with Gasteiger partial charge in [-0.2, -0.15) is 5.10 Å². The summed E-state index contributed by atoms with van der Waals surface area (Å²) in [6.07, 6.45) is 2.33. The second kappa shape index (κ2) is 8.61. The number of hydrogen-bond donors (Lipinski definition) is 1. The van der Waals surface area contributed by atoms with E-state index in [4.69, 9.17) is 0 Å². The fourth-order valence-electron chi connectivity index (χ4n) is 2.52. The molecule has 0 spiro atoms. The lowest BCUT2D eigenvalue weighted by Gasteiger charge is -2.22. The van der Waals surface area contributed by atoms with E-state index >= 15 is 0 Å². The van der Waals surface area contributed by atoms with Crippen molar-refractivity contribution in [2.24, 2.45) is 5.10 Å². The van der Waals surface area contributed by atoms with Crippen LogP contribution in [0.15, 0.2) is 47.6 Å². The lowest BCUT2D eigenvalue weighted by Crippen LogP contribution is -2.39. The smallest absolute Gasteiger partial charge is 0.269 e. The fraction of sp³-hybridized carbons (Fsp3) is 0.222. The summed E-state index contributed by atoms with van der Waals surface area (Å²) < 4.78 is 25.3. The first-order valence-corrected chi connectivity index (χ1v) is 10.0. The molecule has 0 atom stereocenters. The predicted octanol–water partition coefficient (Wildman–Crippen LogP) is 2.13. The Kier molecular flexibility index (Phi) is 6.47. The molecule has 1 amide bonds. The average Bonchev–Trinajstić information content (AvgIpc) is 2.58. The Labute approximate surface area is 162 Å². The number of hydrogen-bond acceptors (Lipinski definition) is 6. The lowest BCUT2D eigenvalue weighted by molar-refractivity contribution is -0.384. The van der Waals surface area contributed by atoms with E-state index in [9.17, 15) is 23.3 Å². The van der Waals surface area contributed by atoms with Crippen LogP contribution in [0.3, 0.4) is 0 Å². The highest BCUT2D eigenvalue weighted by Gasteiger charge is 2.21. The maximum absolute atomic E-state index is 12.2. The van der Waals surface area contributed by atoms with Crippen molar-refractivity contribution >= 4 is 33.5 Å². The number of benzene rings is 2. The largest absolute Gasteiger partial charge is 0.271 e. The Morgan fingerprint density at radius 3 is 2.25 bits per heavy atom. The van der Waals surface area contributed by atoms with Crippen LogP contribution in [-0.2, 0) is 14.8 Å². The molecule has 0 bridgehead atoms. The zero-order chi connectivity index (χ0) is 20.9. The van der Waals surface area contributed by atoms with Gasteiger partial charge in [0.15, 0.2) is 0 Å². The molecule has 0 aromatic heterocycles. The van der Waals surface area contributed by atoms with E-state index in [1.165, 1.54) is 30.5 Å². The molecule has 2 aromatic rings. The zero-order valence-corrected chi connectivity index (χ0v) is 16.4. The highest BCUT2D eigenvalue weighted by atomic mass is 32.2. The number of rotatable bonds is 7. The second-order valence-electron chi connectivity index (χ2n) is 6.26. The number of nitrogens with one attached hydrogen (secondary N) is 1. The Hall–Kier alpha value is -3.27. The Bertz CT molecular complexity index is 997. The summed E-state index contributed by atoms with van der Waals surface area (Å²) in [5, 5.41) is 14.4. The number of nitrogens with zero attached hydrogens (tertiary/aromatic N) is 3. The van der Waals surface area contributed by atoms with Crippen LogP contribution < -0.4 is 9.73 Å². The van der Waals surface area contributed by atoms with Crippen molar-refractivity contribution in [2.75, 3.05) is 17.1 Å². The number of nitro groups is 1. The quantitative estimate of drug-likeness (QED) is 0.430. The summed E-state index contributed by atoms with van der Waals surface area (Å²) in [5.74, 6) is -0.622. The number of nitro benzene ring substituents is 1. The van der Waals surface area contributed by atoms with Gasteiger partial charge in [0, 0.05) is 12.1 Å². The van der Waals surface area contributed by atoms with Gasteiger partial charge < -0.3 is 0 Å². The van der Waals surface area contributed by atoms with E-state index in [2.05, 4.69) is 10.5 Å². The van der Waals surface area contributed by atoms with E-state index in [1.54, 1.807) is 12.1 Å². The third-order valence-electron chi connectivity index (χ3n) is 3.69. The summed E-state index contributed by atoms with van der Waals surface area (Å²) >= 11 is 0. The average molecular weight is 404 g/mol. The molecule has 2 aromatic carbocycles. The van der Waals surface area contributed by atoms with Gasteiger partial charge in [-0.05, 0) is 54.8 Å². The van der Waals surface area contributed by atoms with Crippen LogP contribution in [0.1, 0.15) is 16.7 Å². The number of hydrazone groups is 1. The summed E-state index contributed by atoms with van der Waals surface area (Å²) in [7, 11) is -3.68. The van der Waals surface area contributed by atoms with Crippen LogP contribution in [0.5, 0.6) is 0 Å². The molecule has 0 aliphatic rings. The van der Waals surface area contributed by atoms with Gasteiger partial charge in [-0.3, -0.25) is 19.2 Å². The monoisotopic (exact) mass is 404 g/mol. The van der Waals surface area contributed by atoms with Gasteiger partial charge in [-0.15, -0.1) is 0 Å². The molecule has 148 valence electrons. The van der Waals surface area contributed by atoms with E-state index in [0.29, 0.717) is 11.3 Å². The molecule has 28 heavy (non-hydrogen) atoms. The topological polar surface area (TPSA) is 122 Å². The molecule has 0 aliphatic carbocycles. The Morgan fingerprint density at radius 1 is 1.18 bits per heavy atom. The predicted molar refractivity (Wildman–Crippen MR) is 107 cm³/mol. The zero-order valence-electron chi connectivity index (χ0n) is 15.6. The van der Waals surface area contributed by atoms with Gasteiger partial charge in [-0.1, -0.05) is 6.07 Å². The van der Waals surface area contributed by atoms with Crippen LogP contribution in [0, 0.1) is 24.0 Å². The molecule has 9 nitrogen and oxygen atoms in total. The Balaban J connectivity index is 2.08. The van der Waals surface area contributed by atoms with Gasteiger partial charge >= 0.3 is 0 Å². The summed E-state index contributed by atoms with van der Waals surface area (Å²) in [6.45, 7) is 3.25. The molecule has 1 N–H and O–H groups in total. The first kappa shape index (κ1) is 21.0. The highest BCUT2D eigenvalue weighted by Crippen LogP contribution is 2.21. The van der Waals surface area contributed by atoms with E-state index < -0.39 is 27.4 Å². The number of carbonyl (C=O) groups excluding carboxylic acids is 1. The molecule has 10 heteroatoms. The van der Waals surface area contributed by atoms with Crippen molar-refractivity contribution in [1.82, 2.24) is 5.43 Å². The lowest BCUT2D eigenvalue weighted by atomic mass is 10.1. The minimum Gasteiger partial charge on any atom is -0.271 e. The van der Waals surface area contributed by atoms with Gasteiger partial charge in [0.1, 0.15) is 6.54 Å². The number of anilines is 1. The minimum absolute atomic E-state index is 0.0570.